The van der Waals surface area contributed by atoms with Crippen molar-refractivity contribution in [2.75, 3.05) is 26.7 Å². The number of hydrogen-bond acceptors (Lipinski definition) is 3. The Hall–Kier alpha value is -0.120. The van der Waals surface area contributed by atoms with Gasteiger partial charge in [0.15, 0.2) is 0 Å². The van der Waals surface area contributed by atoms with Crippen molar-refractivity contribution in [2.24, 2.45) is 17.6 Å². The first kappa shape index (κ1) is 14.8. The van der Waals surface area contributed by atoms with Gasteiger partial charge in [-0.3, -0.25) is 9.80 Å². The summed E-state index contributed by atoms with van der Waals surface area (Å²) in [6.07, 6.45) is 8.14. The van der Waals surface area contributed by atoms with E-state index < -0.39 is 0 Å². The summed E-state index contributed by atoms with van der Waals surface area (Å²) in [5.41, 5.74) is 6.61. The van der Waals surface area contributed by atoms with Gasteiger partial charge < -0.3 is 5.73 Å². The van der Waals surface area contributed by atoms with Gasteiger partial charge in [-0.2, -0.15) is 0 Å². The van der Waals surface area contributed by atoms with Crippen LogP contribution in [0.4, 0.5) is 0 Å². The van der Waals surface area contributed by atoms with E-state index in [2.05, 4.69) is 30.7 Å². The number of rotatable bonds is 2. The molecule has 116 valence electrons. The van der Waals surface area contributed by atoms with Crippen LogP contribution in [0.3, 0.4) is 0 Å². The number of fused-ring (bicyclic) bond motifs is 2. The maximum Gasteiger partial charge on any atom is 0.0335 e. The molecule has 1 saturated carbocycles. The Balaban J connectivity index is 1.76. The van der Waals surface area contributed by atoms with Crippen molar-refractivity contribution >= 4 is 0 Å². The molecule has 2 N–H and O–H groups in total. The molecule has 1 aliphatic carbocycles. The fourth-order valence-corrected chi connectivity index (χ4v) is 5.02. The monoisotopic (exact) mass is 279 g/mol. The van der Waals surface area contributed by atoms with E-state index >= 15 is 0 Å². The SMILES string of the molecule is CC1CCC(CN)(N2CCC3CCC(C2)N3C)CC1C. The van der Waals surface area contributed by atoms with E-state index in [9.17, 15) is 0 Å². The zero-order valence-corrected chi connectivity index (χ0v) is 13.6. The summed E-state index contributed by atoms with van der Waals surface area (Å²) in [6, 6.07) is 1.61. The van der Waals surface area contributed by atoms with E-state index in [1.54, 1.807) is 0 Å². The Morgan fingerprint density at radius 2 is 1.80 bits per heavy atom. The highest BCUT2D eigenvalue weighted by molar-refractivity contribution is 5.01. The molecule has 0 radical (unpaired) electrons. The van der Waals surface area contributed by atoms with Gasteiger partial charge in [0.2, 0.25) is 0 Å². The minimum absolute atomic E-state index is 0.303. The van der Waals surface area contributed by atoms with Crippen LogP contribution in [-0.2, 0) is 0 Å². The summed E-state index contributed by atoms with van der Waals surface area (Å²) in [5.74, 6) is 1.70. The Labute approximate surface area is 124 Å². The number of nitrogens with zero attached hydrogens (tertiary/aromatic N) is 2. The molecule has 0 spiro atoms. The summed E-state index contributed by atoms with van der Waals surface area (Å²) in [7, 11) is 2.34. The number of nitrogens with two attached hydrogens (primary N) is 1. The van der Waals surface area contributed by atoms with Crippen LogP contribution in [0.1, 0.15) is 52.4 Å². The lowest BCUT2D eigenvalue weighted by Gasteiger charge is -2.50. The molecule has 2 heterocycles. The molecule has 3 fully saturated rings. The maximum absolute atomic E-state index is 6.31. The second-order valence-corrected chi connectivity index (χ2v) is 7.91. The molecule has 5 unspecified atom stereocenters. The lowest BCUT2D eigenvalue weighted by molar-refractivity contribution is 0.0156. The van der Waals surface area contributed by atoms with Crippen LogP contribution >= 0.6 is 0 Å². The van der Waals surface area contributed by atoms with Gasteiger partial charge in [0.05, 0.1) is 0 Å². The highest BCUT2D eigenvalue weighted by Crippen LogP contribution is 2.41. The first-order valence-electron chi connectivity index (χ1n) is 8.73. The van der Waals surface area contributed by atoms with Crippen molar-refractivity contribution in [2.45, 2.75) is 70.0 Å². The van der Waals surface area contributed by atoms with E-state index in [1.165, 1.54) is 51.6 Å². The smallest absolute Gasteiger partial charge is 0.0335 e. The quantitative estimate of drug-likeness (QED) is 0.842. The van der Waals surface area contributed by atoms with Crippen molar-refractivity contribution in [3.05, 3.63) is 0 Å². The van der Waals surface area contributed by atoms with Gasteiger partial charge in [0.1, 0.15) is 0 Å². The highest BCUT2D eigenvalue weighted by Gasteiger charge is 2.45. The molecule has 0 aromatic heterocycles. The molecule has 0 aromatic rings. The third-order valence-electron chi connectivity index (χ3n) is 6.94. The van der Waals surface area contributed by atoms with Gasteiger partial charge in [-0.25, -0.2) is 0 Å². The molecule has 2 bridgehead atoms. The van der Waals surface area contributed by atoms with Crippen LogP contribution in [0.15, 0.2) is 0 Å². The minimum Gasteiger partial charge on any atom is -0.329 e. The predicted octanol–water partition coefficient (Wildman–Crippen LogP) is 2.31. The zero-order valence-electron chi connectivity index (χ0n) is 13.6. The molecule has 2 aliphatic heterocycles. The molecule has 3 rings (SSSR count). The van der Waals surface area contributed by atoms with Crippen LogP contribution in [0.25, 0.3) is 0 Å². The van der Waals surface area contributed by atoms with Gasteiger partial charge in [-0.1, -0.05) is 13.8 Å². The third-order valence-corrected chi connectivity index (χ3v) is 6.94. The number of likely N-dealkylation sites (tertiary alicyclic amines) is 1. The van der Waals surface area contributed by atoms with Crippen LogP contribution in [0, 0.1) is 11.8 Å². The number of likely N-dealkylation sites (N-methyl/N-ethyl adjacent to an activating group) is 1. The minimum atomic E-state index is 0.303. The number of hydrogen-bond donors (Lipinski definition) is 1. The second-order valence-electron chi connectivity index (χ2n) is 7.91. The van der Waals surface area contributed by atoms with Crippen molar-refractivity contribution < 1.29 is 0 Å². The molecular formula is C17H33N3. The topological polar surface area (TPSA) is 32.5 Å². The summed E-state index contributed by atoms with van der Waals surface area (Å²) in [5, 5.41) is 0. The van der Waals surface area contributed by atoms with Gasteiger partial charge >= 0.3 is 0 Å². The third kappa shape index (κ3) is 2.42. The van der Waals surface area contributed by atoms with Crippen molar-refractivity contribution in [1.29, 1.82) is 0 Å². The molecule has 3 nitrogen and oxygen atoms in total. The van der Waals surface area contributed by atoms with Crippen LogP contribution < -0.4 is 5.73 Å². The van der Waals surface area contributed by atoms with E-state index in [0.29, 0.717) is 5.54 Å². The van der Waals surface area contributed by atoms with Crippen molar-refractivity contribution in [1.82, 2.24) is 9.80 Å². The Morgan fingerprint density at radius 1 is 1.05 bits per heavy atom. The predicted molar refractivity (Wildman–Crippen MR) is 84.7 cm³/mol. The van der Waals surface area contributed by atoms with Gasteiger partial charge in [-0.15, -0.1) is 0 Å². The fraction of sp³-hybridized carbons (Fsp3) is 1.00. The Bertz CT molecular complexity index is 345. The first-order chi connectivity index (χ1) is 9.55. The van der Waals surface area contributed by atoms with Crippen LogP contribution in [0.2, 0.25) is 0 Å². The first-order valence-corrected chi connectivity index (χ1v) is 8.73. The molecule has 3 aliphatic rings. The van der Waals surface area contributed by atoms with E-state index in [4.69, 9.17) is 5.73 Å². The fourth-order valence-electron chi connectivity index (χ4n) is 5.02. The molecule has 3 heteroatoms. The average Bonchev–Trinajstić information content (AvgIpc) is 2.67. The molecule has 5 atom stereocenters. The molecular weight excluding hydrogens is 246 g/mol. The average molecular weight is 279 g/mol. The molecule has 0 aromatic carbocycles. The van der Waals surface area contributed by atoms with Crippen LogP contribution in [0.5, 0.6) is 0 Å². The largest absolute Gasteiger partial charge is 0.329 e. The summed E-state index contributed by atoms with van der Waals surface area (Å²) >= 11 is 0. The normalized spacial score (nSPS) is 47.4. The molecule has 20 heavy (non-hydrogen) atoms. The van der Waals surface area contributed by atoms with Crippen LogP contribution in [-0.4, -0.2) is 54.1 Å². The lowest BCUT2D eigenvalue weighted by Crippen LogP contribution is -2.59. The van der Waals surface area contributed by atoms with Crippen molar-refractivity contribution in [3.63, 3.8) is 0 Å². The summed E-state index contributed by atoms with van der Waals surface area (Å²) < 4.78 is 0. The molecule has 0 amide bonds. The Morgan fingerprint density at radius 3 is 2.50 bits per heavy atom. The lowest BCUT2D eigenvalue weighted by atomic mass is 9.70. The van der Waals surface area contributed by atoms with E-state index in [0.717, 1.165) is 30.5 Å². The second kappa shape index (κ2) is 5.58. The summed E-state index contributed by atoms with van der Waals surface area (Å²) in [4.78, 5) is 5.45. The van der Waals surface area contributed by atoms with Gasteiger partial charge in [-0.05, 0) is 57.4 Å². The van der Waals surface area contributed by atoms with Crippen molar-refractivity contribution in [3.8, 4) is 0 Å². The highest BCUT2D eigenvalue weighted by atomic mass is 15.3. The molecule has 2 saturated heterocycles. The standard InChI is InChI=1S/C17H33N3/c1-13-6-8-17(12-18,10-14(13)2)20-9-7-15-4-5-16(11-20)19(15)3/h13-16H,4-12,18H2,1-3H3. The Kier molecular flexibility index (Phi) is 4.13. The van der Waals surface area contributed by atoms with Gasteiger partial charge in [0, 0.05) is 37.3 Å². The van der Waals surface area contributed by atoms with E-state index in [-0.39, 0.29) is 0 Å². The zero-order chi connectivity index (χ0) is 14.3. The van der Waals surface area contributed by atoms with Gasteiger partial charge in [0.25, 0.3) is 0 Å². The maximum atomic E-state index is 6.31. The van der Waals surface area contributed by atoms with E-state index in [1.807, 2.05) is 0 Å². The summed E-state index contributed by atoms with van der Waals surface area (Å²) in [6.45, 7) is 8.23.